The third-order valence-electron chi connectivity index (χ3n) is 6.71. The summed E-state index contributed by atoms with van der Waals surface area (Å²) >= 11 is 0. The molecule has 1 aliphatic heterocycles. The number of hydrogen-bond acceptors (Lipinski definition) is 4. The molecule has 148 valence electrons. The maximum Gasteiger partial charge on any atom is 0.276 e. The Kier molecular flexibility index (Phi) is 3.84. The molecular weight excluding hydrogens is 364 g/mol. The Labute approximate surface area is 161 Å². The summed E-state index contributed by atoms with van der Waals surface area (Å²) in [6.07, 6.45) is 4.33. The van der Waals surface area contributed by atoms with Crippen molar-refractivity contribution in [3.8, 4) is 0 Å². The number of nitrogens with one attached hydrogen (secondary N) is 3. The number of aromatic nitrogens is 3. The Balaban J connectivity index is 1.34. The Morgan fingerprint density at radius 1 is 1.29 bits per heavy atom. The SMILES string of the molecule is C[C@@]12Cc3[nH]nc(C(=O)Nc4ccc(C5CCNCC5)nc4)c3[C@@H](C1)C2(F)F. The maximum absolute atomic E-state index is 14.5. The number of anilines is 1. The number of rotatable bonds is 3. The molecule has 0 unspecified atom stereocenters. The van der Waals surface area contributed by atoms with E-state index in [1.165, 1.54) is 0 Å². The van der Waals surface area contributed by atoms with Crippen molar-refractivity contribution in [3.05, 3.63) is 41.0 Å². The van der Waals surface area contributed by atoms with Gasteiger partial charge in [-0.25, -0.2) is 8.78 Å². The number of halogens is 2. The van der Waals surface area contributed by atoms with Crippen LogP contribution in [0.15, 0.2) is 18.3 Å². The van der Waals surface area contributed by atoms with Crippen molar-refractivity contribution in [2.45, 2.75) is 50.4 Å². The molecule has 2 aromatic heterocycles. The first-order chi connectivity index (χ1) is 13.4. The molecule has 2 atom stereocenters. The van der Waals surface area contributed by atoms with Gasteiger partial charge in [-0.05, 0) is 44.5 Å². The van der Waals surface area contributed by atoms with Gasteiger partial charge >= 0.3 is 0 Å². The molecule has 3 N–H and O–H groups in total. The molecule has 4 aliphatic rings. The van der Waals surface area contributed by atoms with E-state index in [0.717, 1.165) is 31.6 Å². The summed E-state index contributed by atoms with van der Waals surface area (Å²) in [5.74, 6) is -3.77. The van der Waals surface area contributed by atoms with E-state index >= 15 is 0 Å². The highest BCUT2D eigenvalue weighted by atomic mass is 19.3. The molecule has 2 aromatic rings. The highest BCUT2D eigenvalue weighted by Crippen LogP contribution is 2.67. The van der Waals surface area contributed by atoms with Crippen LogP contribution in [0.2, 0.25) is 0 Å². The van der Waals surface area contributed by atoms with Crippen molar-refractivity contribution in [2.24, 2.45) is 5.41 Å². The van der Waals surface area contributed by atoms with E-state index in [1.54, 1.807) is 13.1 Å². The minimum Gasteiger partial charge on any atom is -0.319 e. The van der Waals surface area contributed by atoms with Crippen molar-refractivity contribution < 1.29 is 13.6 Å². The molecule has 8 heteroatoms. The average Bonchev–Trinajstić information content (AvgIpc) is 3.12. The maximum atomic E-state index is 14.5. The van der Waals surface area contributed by atoms with Gasteiger partial charge < -0.3 is 10.6 Å². The molecule has 3 aliphatic carbocycles. The zero-order chi connectivity index (χ0) is 19.5. The van der Waals surface area contributed by atoms with Gasteiger partial charge in [0.1, 0.15) is 0 Å². The molecule has 1 saturated carbocycles. The Morgan fingerprint density at radius 2 is 2.07 bits per heavy atom. The minimum atomic E-state index is -2.79. The number of alkyl halides is 2. The molecule has 6 rings (SSSR count). The van der Waals surface area contributed by atoms with Crippen LogP contribution in [-0.4, -0.2) is 40.1 Å². The van der Waals surface area contributed by atoms with Crippen LogP contribution in [0.1, 0.15) is 65.5 Å². The molecule has 2 bridgehead atoms. The largest absolute Gasteiger partial charge is 0.319 e. The first-order valence-electron chi connectivity index (χ1n) is 9.82. The summed E-state index contributed by atoms with van der Waals surface area (Å²) < 4.78 is 29.0. The number of amides is 1. The zero-order valence-corrected chi connectivity index (χ0v) is 15.7. The van der Waals surface area contributed by atoms with Crippen molar-refractivity contribution in [1.29, 1.82) is 0 Å². The quantitative estimate of drug-likeness (QED) is 0.755. The molecule has 2 fully saturated rings. The van der Waals surface area contributed by atoms with E-state index in [0.29, 0.717) is 29.3 Å². The fourth-order valence-electron chi connectivity index (χ4n) is 4.97. The van der Waals surface area contributed by atoms with Crippen molar-refractivity contribution >= 4 is 11.6 Å². The molecule has 3 heterocycles. The van der Waals surface area contributed by atoms with Crippen LogP contribution in [0.3, 0.4) is 0 Å². The fraction of sp³-hybridized carbons (Fsp3) is 0.550. The monoisotopic (exact) mass is 387 g/mol. The van der Waals surface area contributed by atoms with Crippen LogP contribution < -0.4 is 10.6 Å². The Bertz CT molecular complexity index is 919. The summed E-state index contributed by atoms with van der Waals surface area (Å²) in [5, 5.41) is 13.0. The second-order valence-electron chi connectivity index (χ2n) is 8.53. The first-order valence-corrected chi connectivity index (χ1v) is 9.82. The van der Waals surface area contributed by atoms with Crippen LogP contribution in [0.4, 0.5) is 14.5 Å². The average molecular weight is 387 g/mol. The molecule has 0 radical (unpaired) electrons. The third-order valence-corrected chi connectivity index (χ3v) is 6.71. The molecule has 6 nitrogen and oxygen atoms in total. The lowest BCUT2D eigenvalue weighted by Gasteiger charge is -2.56. The highest BCUT2D eigenvalue weighted by molar-refractivity contribution is 6.04. The van der Waals surface area contributed by atoms with Gasteiger partial charge in [0.25, 0.3) is 11.8 Å². The van der Waals surface area contributed by atoms with Crippen LogP contribution >= 0.6 is 0 Å². The number of nitrogens with zero attached hydrogens (tertiary/aromatic N) is 2. The zero-order valence-electron chi connectivity index (χ0n) is 15.7. The van der Waals surface area contributed by atoms with Gasteiger partial charge in [-0.1, -0.05) is 6.92 Å². The standard InChI is InChI=1S/C20H23F2N5O/c1-19-8-13(20(19,21)22)16-15(9-19)26-27-17(16)18(28)25-12-2-3-14(24-10-12)11-4-6-23-7-5-11/h2-3,10-11,13,23H,4-9H2,1H3,(H,25,28)(H,26,27)/t13-,19+/m1/s1. The number of carbonyl (C=O) groups excluding carboxylic acids is 1. The van der Waals surface area contributed by atoms with E-state index < -0.39 is 23.2 Å². The van der Waals surface area contributed by atoms with Crippen LogP contribution in [0.5, 0.6) is 0 Å². The van der Waals surface area contributed by atoms with Crippen molar-refractivity contribution in [1.82, 2.24) is 20.5 Å². The molecule has 28 heavy (non-hydrogen) atoms. The van der Waals surface area contributed by atoms with E-state index in [1.807, 2.05) is 12.1 Å². The smallest absolute Gasteiger partial charge is 0.276 e. The number of piperidine rings is 1. The van der Waals surface area contributed by atoms with E-state index in [2.05, 4.69) is 25.8 Å². The molecule has 1 saturated heterocycles. The van der Waals surface area contributed by atoms with Gasteiger partial charge in [-0.3, -0.25) is 14.9 Å². The number of aromatic amines is 1. The summed E-state index contributed by atoms with van der Waals surface area (Å²) in [5.41, 5.74) is 1.65. The second kappa shape index (κ2) is 6.07. The lowest BCUT2D eigenvalue weighted by Crippen LogP contribution is -2.59. The molecule has 0 spiro atoms. The number of hydrogen-bond donors (Lipinski definition) is 3. The van der Waals surface area contributed by atoms with Gasteiger partial charge in [0.15, 0.2) is 5.69 Å². The number of H-pyrrole nitrogens is 1. The van der Waals surface area contributed by atoms with E-state index in [4.69, 9.17) is 0 Å². The lowest BCUT2D eigenvalue weighted by atomic mass is 9.51. The van der Waals surface area contributed by atoms with Gasteiger partial charge in [-0.2, -0.15) is 5.10 Å². The van der Waals surface area contributed by atoms with Gasteiger partial charge in [0, 0.05) is 34.7 Å². The lowest BCUT2D eigenvalue weighted by molar-refractivity contribution is -0.221. The van der Waals surface area contributed by atoms with Gasteiger partial charge in [0.2, 0.25) is 0 Å². The second-order valence-corrected chi connectivity index (χ2v) is 8.53. The normalized spacial score (nSPS) is 28.3. The number of carbonyl (C=O) groups is 1. The summed E-state index contributed by atoms with van der Waals surface area (Å²) in [7, 11) is 0. The van der Waals surface area contributed by atoms with E-state index in [9.17, 15) is 13.6 Å². The first kappa shape index (κ1) is 17.7. The molecule has 0 aromatic carbocycles. The fourth-order valence-corrected chi connectivity index (χ4v) is 4.97. The number of pyridine rings is 1. The molecule has 1 amide bonds. The summed E-state index contributed by atoms with van der Waals surface area (Å²) in [6.45, 7) is 3.57. The van der Waals surface area contributed by atoms with Crippen LogP contribution in [0.25, 0.3) is 0 Å². The van der Waals surface area contributed by atoms with Crippen molar-refractivity contribution in [3.63, 3.8) is 0 Å². The van der Waals surface area contributed by atoms with E-state index in [-0.39, 0.29) is 12.1 Å². The van der Waals surface area contributed by atoms with Gasteiger partial charge in [0.05, 0.1) is 17.8 Å². The van der Waals surface area contributed by atoms with Crippen LogP contribution in [0, 0.1) is 5.41 Å². The summed E-state index contributed by atoms with van der Waals surface area (Å²) in [4.78, 5) is 17.2. The topological polar surface area (TPSA) is 82.7 Å². The Morgan fingerprint density at radius 3 is 2.75 bits per heavy atom. The molecular formula is C20H23F2N5O. The van der Waals surface area contributed by atoms with Crippen LogP contribution in [-0.2, 0) is 6.42 Å². The van der Waals surface area contributed by atoms with Crippen molar-refractivity contribution in [2.75, 3.05) is 18.4 Å². The predicted octanol–water partition coefficient (Wildman–Crippen LogP) is 3.21. The summed E-state index contributed by atoms with van der Waals surface area (Å²) in [6, 6.07) is 3.74. The van der Waals surface area contributed by atoms with Gasteiger partial charge in [-0.15, -0.1) is 0 Å². The third kappa shape index (κ3) is 2.50. The predicted molar refractivity (Wildman–Crippen MR) is 99.7 cm³/mol. The Hall–Kier alpha value is -2.35. The minimum absolute atomic E-state index is 0.0730. The highest BCUT2D eigenvalue weighted by Gasteiger charge is 2.70.